The third-order valence-corrected chi connectivity index (χ3v) is 4.41. The molecule has 0 saturated heterocycles. The fourth-order valence-electron chi connectivity index (χ4n) is 2.50. The van der Waals surface area contributed by atoms with Crippen LogP contribution in [-0.2, 0) is 9.59 Å². The van der Waals surface area contributed by atoms with Crippen molar-refractivity contribution >= 4 is 23.2 Å². The van der Waals surface area contributed by atoms with Crippen LogP contribution in [0.5, 0.6) is 0 Å². The zero-order chi connectivity index (χ0) is 20.0. The lowest BCUT2D eigenvalue weighted by atomic mass is 10.0. The maximum absolute atomic E-state index is 12.9. The molecule has 0 aliphatic rings. The van der Waals surface area contributed by atoms with E-state index in [4.69, 9.17) is 0 Å². The Labute approximate surface area is 159 Å². The summed E-state index contributed by atoms with van der Waals surface area (Å²) in [6, 6.07) is 12.8. The second kappa shape index (κ2) is 9.28. The predicted octanol–water partition coefficient (Wildman–Crippen LogP) is 3.85. The number of nitrogens with zero attached hydrogens (tertiary/aromatic N) is 1. The fraction of sp³-hybridized carbons (Fsp3) is 0.333. The lowest BCUT2D eigenvalue weighted by Gasteiger charge is -2.23. The van der Waals surface area contributed by atoms with E-state index in [2.05, 4.69) is 24.5 Å². The van der Waals surface area contributed by atoms with Crippen molar-refractivity contribution in [3.63, 3.8) is 0 Å². The van der Waals surface area contributed by atoms with Gasteiger partial charge in [0.1, 0.15) is 5.82 Å². The molecule has 0 radical (unpaired) electrons. The van der Waals surface area contributed by atoms with Crippen LogP contribution in [0, 0.1) is 5.82 Å². The van der Waals surface area contributed by atoms with Crippen molar-refractivity contribution in [2.75, 3.05) is 24.2 Å². The molecule has 0 bridgehead atoms. The summed E-state index contributed by atoms with van der Waals surface area (Å²) in [6.07, 6.45) is 0. The van der Waals surface area contributed by atoms with E-state index >= 15 is 0 Å². The molecule has 0 aliphatic heterocycles. The Morgan fingerprint density at radius 1 is 0.926 bits per heavy atom. The van der Waals surface area contributed by atoms with Crippen LogP contribution >= 0.6 is 0 Å². The number of halogens is 1. The Kier molecular flexibility index (Phi) is 7.07. The fourth-order valence-corrected chi connectivity index (χ4v) is 2.50. The van der Waals surface area contributed by atoms with Crippen LogP contribution in [0.3, 0.4) is 0 Å². The Morgan fingerprint density at radius 3 is 2.00 bits per heavy atom. The molecule has 144 valence electrons. The first-order valence-electron chi connectivity index (χ1n) is 8.92. The summed E-state index contributed by atoms with van der Waals surface area (Å²) in [4.78, 5) is 26.2. The summed E-state index contributed by atoms with van der Waals surface area (Å²) in [6.45, 7) is 6.00. The van der Waals surface area contributed by atoms with E-state index in [1.807, 2.05) is 24.3 Å². The Bertz CT molecular complexity index is 773. The number of hydrogen-bond acceptors (Lipinski definition) is 3. The van der Waals surface area contributed by atoms with Crippen LogP contribution in [0.25, 0.3) is 0 Å². The van der Waals surface area contributed by atoms with Gasteiger partial charge in [0.05, 0.1) is 12.6 Å². The smallest absolute Gasteiger partial charge is 0.241 e. The summed E-state index contributed by atoms with van der Waals surface area (Å²) < 4.78 is 12.9. The maximum atomic E-state index is 12.9. The van der Waals surface area contributed by atoms with Gasteiger partial charge < -0.3 is 10.6 Å². The van der Waals surface area contributed by atoms with Crippen LogP contribution in [-0.4, -0.2) is 36.3 Å². The standard InChI is InChI=1S/C21H26FN3O2/c1-14(2)16-5-9-19(10-6-16)24-21(27)15(3)25(4)13-20(26)23-18-11-7-17(22)8-12-18/h5-12,14-15H,13H2,1-4H3,(H,23,26)(H,24,27). The summed E-state index contributed by atoms with van der Waals surface area (Å²) in [5.74, 6) is -0.398. The highest BCUT2D eigenvalue weighted by Gasteiger charge is 2.20. The molecule has 0 spiro atoms. The molecular formula is C21H26FN3O2. The van der Waals surface area contributed by atoms with Gasteiger partial charge >= 0.3 is 0 Å². The van der Waals surface area contributed by atoms with Crippen molar-refractivity contribution in [1.29, 1.82) is 0 Å². The monoisotopic (exact) mass is 371 g/mol. The predicted molar refractivity (Wildman–Crippen MR) is 106 cm³/mol. The normalized spacial score (nSPS) is 12.1. The van der Waals surface area contributed by atoms with Gasteiger partial charge in [-0.25, -0.2) is 4.39 Å². The van der Waals surface area contributed by atoms with Crippen LogP contribution < -0.4 is 10.6 Å². The summed E-state index contributed by atoms with van der Waals surface area (Å²) >= 11 is 0. The third kappa shape index (κ3) is 6.18. The van der Waals surface area contributed by atoms with E-state index in [0.29, 0.717) is 11.6 Å². The van der Waals surface area contributed by atoms with Crippen molar-refractivity contribution in [3.05, 3.63) is 59.9 Å². The number of likely N-dealkylation sites (N-methyl/N-ethyl adjacent to an activating group) is 1. The molecule has 2 aromatic carbocycles. The summed E-state index contributed by atoms with van der Waals surface area (Å²) in [5, 5.41) is 5.55. The van der Waals surface area contributed by atoms with Gasteiger partial charge in [-0.05, 0) is 61.9 Å². The molecule has 1 atom stereocenters. The molecule has 6 heteroatoms. The van der Waals surface area contributed by atoms with E-state index in [1.54, 1.807) is 18.9 Å². The van der Waals surface area contributed by atoms with E-state index in [1.165, 1.54) is 29.8 Å². The number of benzene rings is 2. The average molecular weight is 371 g/mol. The van der Waals surface area contributed by atoms with Gasteiger partial charge in [0.2, 0.25) is 11.8 Å². The van der Waals surface area contributed by atoms with Crippen molar-refractivity contribution in [2.24, 2.45) is 0 Å². The third-order valence-electron chi connectivity index (χ3n) is 4.41. The number of hydrogen-bond donors (Lipinski definition) is 2. The Hall–Kier alpha value is -2.73. The van der Waals surface area contributed by atoms with Crippen LogP contribution in [0.1, 0.15) is 32.3 Å². The average Bonchev–Trinajstić information content (AvgIpc) is 2.63. The van der Waals surface area contributed by atoms with Gasteiger partial charge in [0, 0.05) is 11.4 Å². The highest BCUT2D eigenvalue weighted by Crippen LogP contribution is 2.17. The van der Waals surface area contributed by atoms with Crippen LogP contribution in [0.15, 0.2) is 48.5 Å². The minimum atomic E-state index is -0.492. The minimum Gasteiger partial charge on any atom is -0.325 e. The Balaban J connectivity index is 1.87. The van der Waals surface area contributed by atoms with Gasteiger partial charge in [0.15, 0.2) is 0 Å². The zero-order valence-corrected chi connectivity index (χ0v) is 16.1. The lowest BCUT2D eigenvalue weighted by Crippen LogP contribution is -2.43. The highest BCUT2D eigenvalue weighted by atomic mass is 19.1. The molecule has 5 nitrogen and oxygen atoms in total. The zero-order valence-electron chi connectivity index (χ0n) is 16.1. The molecule has 0 heterocycles. The molecule has 2 aromatic rings. The second-order valence-corrected chi connectivity index (χ2v) is 6.91. The number of rotatable bonds is 7. The molecule has 2 rings (SSSR count). The molecule has 1 unspecified atom stereocenters. The quantitative estimate of drug-likeness (QED) is 0.777. The minimum absolute atomic E-state index is 0.0399. The molecular weight excluding hydrogens is 345 g/mol. The van der Waals surface area contributed by atoms with Gasteiger partial charge in [-0.15, -0.1) is 0 Å². The molecule has 2 N–H and O–H groups in total. The highest BCUT2D eigenvalue weighted by molar-refractivity contribution is 5.96. The molecule has 0 aromatic heterocycles. The largest absolute Gasteiger partial charge is 0.325 e. The molecule has 2 amide bonds. The van der Waals surface area contributed by atoms with E-state index in [-0.39, 0.29) is 24.2 Å². The van der Waals surface area contributed by atoms with E-state index in [9.17, 15) is 14.0 Å². The van der Waals surface area contributed by atoms with Crippen molar-refractivity contribution in [1.82, 2.24) is 4.90 Å². The van der Waals surface area contributed by atoms with Crippen molar-refractivity contribution in [3.8, 4) is 0 Å². The molecule has 27 heavy (non-hydrogen) atoms. The number of nitrogens with one attached hydrogen (secondary N) is 2. The molecule has 0 saturated carbocycles. The van der Waals surface area contributed by atoms with Gasteiger partial charge in [-0.1, -0.05) is 26.0 Å². The summed E-state index contributed by atoms with van der Waals surface area (Å²) in [5.41, 5.74) is 2.44. The lowest BCUT2D eigenvalue weighted by molar-refractivity contribution is -0.122. The maximum Gasteiger partial charge on any atom is 0.241 e. The first-order chi connectivity index (χ1) is 12.8. The number of amides is 2. The van der Waals surface area contributed by atoms with Crippen molar-refractivity contribution in [2.45, 2.75) is 32.7 Å². The second-order valence-electron chi connectivity index (χ2n) is 6.91. The van der Waals surface area contributed by atoms with Gasteiger partial charge in [-0.2, -0.15) is 0 Å². The molecule has 0 fully saturated rings. The van der Waals surface area contributed by atoms with Gasteiger partial charge in [-0.3, -0.25) is 14.5 Å². The Morgan fingerprint density at radius 2 is 1.44 bits per heavy atom. The van der Waals surface area contributed by atoms with Crippen molar-refractivity contribution < 1.29 is 14.0 Å². The SMILES string of the molecule is CC(C)c1ccc(NC(=O)C(C)N(C)CC(=O)Nc2ccc(F)cc2)cc1. The number of anilines is 2. The van der Waals surface area contributed by atoms with E-state index < -0.39 is 6.04 Å². The van der Waals surface area contributed by atoms with E-state index in [0.717, 1.165) is 5.69 Å². The number of carbonyl (C=O) groups is 2. The topological polar surface area (TPSA) is 61.4 Å². The summed E-state index contributed by atoms with van der Waals surface area (Å²) in [7, 11) is 1.70. The van der Waals surface area contributed by atoms with Crippen LogP contribution in [0.4, 0.5) is 15.8 Å². The van der Waals surface area contributed by atoms with Gasteiger partial charge in [0.25, 0.3) is 0 Å². The molecule has 0 aliphatic carbocycles. The number of carbonyl (C=O) groups excluding carboxylic acids is 2. The first-order valence-corrected chi connectivity index (χ1v) is 8.92. The van der Waals surface area contributed by atoms with Crippen LogP contribution in [0.2, 0.25) is 0 Å². The first kappa shape index (κ1) is 20.6.